The molecule has 2 unspecified atom stereocenters. The monoisotopic (exact) mass is 382 g/mol. The number of hydrogen-bond donors (Lipinski definition) is 2. The third-order valence-corrected chi connectivity index (χ3v) is 4.14. The highest BCUT2D eigenvalue weighted by atomic mass is 79.9. The lowest BCUT2D eigenvalue weighted by Gasteiger charge is -2.22. The zero-order valence-electron chi connectivity index (χ0n) is 12.3. The molecule has 0 aliphatic carbocycles. The average molecular weight is 383 g/mol. The minimum atomic E-state index is -1.17. The van der Waals surface area contributed by atoms with E-state index in [1.165, 1.54) is 0 Å². The quantitative estimate of drug-likeness (QED) is 0.303. The number of cyclic esters (lactones) is 1. The Labute approximate surface area is 139 Å². The predicted octanol–water partition coefficient (Wildman–Crippen LogP) is 2.25. The molecule has 1 aliphatic heterocycles. The molecule has 0 radical (unpaired) electrons. The van der Waals surface area contributed by atoms with Gasteiger partial charge in [-0.1, -0.05) is 31.5 Å². The summed E-state index contributed by atoms with van der Waals surface area (Å²) in [5.74, 6) is -0.596. The van der Waals surface area contributed by atoms with E-state index in [1.807, 2.05) is 6.92 Å². The number of hydrogen-bond acceptors (Lipinski definition) is 6. The summed E-state index contributed by atoms with van der Waals surface area (Å²) in [5.41, 5.74) is 4.10. The third-order valence-electron chi connectivity index (χ3n) is 3.29. The van der Waals surface area contributed by atoms with Crippen molar-refractivity contribution >= 4 is 45.8 Å². The molecule has 1 heterocycles. The maximum atomic E-state index is 12.2. The minimum Gasteiger partial charge on any atom is -0.465 e. The maximum Gasteiger partial charge on any atom is 0.323 e. The largest absolute Gasteiger partial charge is 0.465 e. The molecule has 8 heteroatoms. The van der Waals surface area contributed by atoms with Gasteiger partial charge in [-0.2, -0.15) is 0 Å². The summed E-state index contributed by atoms with van der Waals surface area (Å²) in [6.45, 7) is 3.96. The molecule has 1 saturated heterocycles. The molecule has 3 N–H and O–H groups in total. The Morgan fingerprint density at radius 1 is 1.57 bits per heavy atom. The molecule has 0 bridgehead atoms. The van der Waals surface area contributed by atoms with Crippen LogP contribution in [0.3, 0.4) is 0 Å². The first-order chi connectivity index (χ1) is 9.46. The molecule has 2 atom stereocenters. The Bertz CT molecular complexity index is 394. The Morgan fingerprint density at radius 3 is 2.76 bits per heavy atom. The van der Waals surface area contributed by atoms with Gasteiger partial charge in [0.2, 0.25) is 0 Å². The normalized spacial score (nSPS) is 24.1. The summed E-state index contributed by atoms with van der Waals surface area (Å²) in [5, 5.41) is 7.15. The lowest BCUT2D eigenvalue weighted by molar-refractivity contribution is -0.165. The summed E-state index contributed by atoms with van der Waals surface area (Å²) in [6, 6.07) is 0. The molecular weight excluding hydrogens is 360 g/mol. The van der Waals surface area contributed by atoms with Crippen LogP contribution in [0.5, 0.6) is 0 Å². The van der Waals surface area contributed by atoms with Gasteiger partial charge in [-0.3, -0.25) is 15.0 Å². The zero-order valence-corrected chi connectivity index (χ0v) is 14.9. The van der Waals surface area contributed by atoms with Crippen molar-refractivity contribution < 1.29 is 19.1 Å². The van der Waals surface area contributed by atoms with E-state index in [0.717, 1.165) is 24.6 Å². The number of nitrogens with two attached hydrogens (primary N) is 1. The smallest absolute Gasteiger partial charge is 0.323 e. The van der Waals surface area contributed by atoms with Gasteiger partial charge in [0.1, 0.15) is 6.10 Å². The van der Waals surface area contributed by atoms with Crippen molar-refractivity contribution in [2.45, 2.75) is 45.6 Å². The van der Waals surface area contributed by atoms with Crippen LogP contribution in [-0.2, 0) is 19.1 Å². The van der Waals surface area contributed by atoms with E-state index >= 15 is 0 Å². The fraction of sp³-hybridized carbons (Fsp3) is 0.769. The van der Waals surface area contributed by atoms with Crippen molar-refractivity contribution in [2.75, 3.05) is 12.4 Å². The average Bonchev–Trinajstić information content (AvgIpc) is 2.72. The Morgan fingerprint density at radius 2 is 2.24 bits per heavy atom. The number of esters is 2. The van der Waals surface area contributed by atoms with Crippen LogP contribution in [0.2, 0.25) is 0 Å². The first kappa shape index (κ1) is 20.2. The van der Waals surface area contributed by atoms with Gasteiger partial charge in [0.25, 0.3) is 0 Å². The summed E-state index contributed by atoms with van der Waals surface area (Å²) in [7, 11) is 0. The topological polar surface area (TPSA) is 102 Å². The van der Waals surface area contributed by atoms with Gasteiger partial charge < -0.3 is 15.2 Å². The maximum absolute atomic E-state index is 12.2. The zero-order chi connectivity index (χ0) is 15.2. The van der Waals surface area contributed by atoms with Gasteiger partial charge >= 0.3 is 11.9 Å². The standard InChI is InChI=1S/C13H22N2O4S.BrH/c1-3-5-6-13(10(16)18-4-2)7-9(19-11(13)17)8-20-12(14)15;/h9H,3-8H2,1-2H3,(H3,14,15);1H. The number of nitrogens with one attached hydrogen (secondary N) is 1. The van der Waals surface area contributed by atoms with Gasteiger partial charge in [-0.15, -0.1) is 17.0 Å². The molecule has 0 aromatic carbocycles. The molecule has 0 aromatic rings. The second-order valence-electron chi connectivity index (χ2n) is 4.81. The molecule has 0 amide bonds. The molecule has 0 aromatic heterocycles. The Hall–Kier alpha value is -0.760. The molecule has 6 nitrogen and oxygen atoms in total. The number of halogens is 1. The number of ether oxygens (including phenoxy) is 2. The number of thioether (sulfide) groups is 1. The number of amidine groups is 1. The Kier molecular flexibility index (Phi) is 8.96. The summed E-state index contributed by atoms with van der Waals surface area (Å²) < 4.78 is 10.3. The van der Waals surface area contributed by atoms with Crippen LogP contribution in [0.1, 0.15) is 39.5 Å². The molecule has 1 aliphatic rings. The molecule has 122 valence electrons. The number of carbonyl (C=O) groups excluding carboxylic acids is 2. The minimum absolute atomic E-state index is 0. The highest BCUT2D eigenvalue weighted by Gasteiger charge is 2.55. The summed E-state index contributed by atoms with van der Waals surface area (Å²) in [6.07, 6.45) is 2.02. The number of rotatable bonds is 7. The van der Waals surface area contributed by atoms with Crippen LogP contribution in [0.15, 0.2) is 0 Å². The lowest BCUT2D eigenvalue weighted by atomic mass is 9.80. The highest BCUT2D eigenvalue weighted by molar-refractivity contribution is 8.93. The van der Waals surface area contributed by atoms with Crippen LogP contribution < -0.4 is 5.73 Å². The highest BCUT2D eigenvalue weighted by Crippen LogP contribution is 2.41. The molecule has 0 saturated carbocycles. The number of unbranched alkanes of at least 4 members (excludes halogenated alkanes) is 1. The number of carbonyl (C=O) groups is 2. The van der Waals surface area contributed by atoms with Gasteiger partial charge in [0, 0.05) is 12.2 Å². The van der Waals surface area contributed by atoms with Crippen molar-refractivity contribution in [1.82, 2.24) is 0 Å². The molecule has 21 heavy (non-hydrogen) atoms. The van der Waals surface area contributed by atoms with Gasteiger partial charge in [0.05, 0.1) is 6.61 Å². The van der Waals surface area contributed by atoms with Crippen molar-refractivity contribution in [1.29, 1.82) is 5.41 Å². The van der Waals surface area contributed by atoms with Crippen molar-refractivity contribution in [3.05, 3.63) is 0 Å². The van der Waals surface area contributed by atoms with Gasteiger partial charge in [-0.25, -0.2) is 0 Å². The van der Waals surface area contributed by atoms with E-state index in [4.69, 9.17) is 20.6 Å². The Balaban J connectivity index is 0.00000400. The van der Waals surface area contributed by atoms with Crippen LogP contribution in [-0.4, -0.2) is 35.6 Å². The van der Waals surface area contributed by atoms with Crippen LogP contribution >= 0.6 is 28.7 Å². The summed E-state index contributed by atoms with van der Waals surface area (Å²) in [4.78, 5) is 24.3. The fourth-order valence-electron chi connectivity index (χ4n) is 2.27. The molecular formula is C13H23BrN2O4S. The van der Waals surface area contributed by atoms with Gasteiger partial charge in [0.15, 0.2) is 10.6 Å². The first-order valence-electron chi connectivity index (χ1n) is 6.81. The predicted molar refractivity (Wildman–Crippen MR) is 87.8 cm³/mol. The van der Waals surface area contributed by atoms with Crippen molar-refractivity contribution in [3.8, 4) is 0 Å². The van der Waals surface area contributed by atoms with Crippen LogP contribution in [0.25, 0.3) is 0 Å². The van der Waals surface area contributed by atoms with E-state index in [1.54, 1.807) is 6.92 Å². The van der Waals surface area contributed by atoms with Crippen molar-refractivity contribution in [2.24, 2.45) is 11.1 Å². The third kappa shape index (κ3) is 5.18. The lowest BCUT2D eigenvalue weighted by Crippen LogP contribution is -2.37. The van der Waals surface area contributed by atoms with E-state index in [-0.39, 0.29) is 28.8 Å². The van der Waals surface area contributed by atoms with Gasteiger partial charge in [-0.05, 0) is 13.3 Å². The van der Waals surface area contributed by atoms with E-state index in [0.29, 0.717) is 18.6 Å². The second kappa shape index (κ2) is 9.30. The SMILES string of the molecule is Br.CCCCC1(C(=O)OCC)CC(CSC(=N)N)OC1=O. The van der Waals surface area contributed by atoms with Crippen LogP contribution in [0, 0.1) is 10.8 Å². The van der Waals surface area contributed by atoms with Crippen molar-refractivity contribution in [3.63, 3.8) is 0 Å². The summed E-state index contributed by atoms with van der Waals surface area (Å²) >= 11 is 1.11. The van der Waals surface area contributed by atoms with E-state index < -0.39 is 23.5 Å². The van der Waals surface area contributed by atoms with E-state index in [9.17, 15) is 9.59 Å². The first-order valence-corrected chi connectivity index (χ1v) is 7.80. The molecule has 1 rings (SSSR count). The van der Waals surface area contributed by atoms with Crippen LogP contribution in [0.4, 0.5) is 0 Å². The molecule has 0 spiro atoms. The van der Waals surface area contributed by atoms with E-state index in [2.05, 4.69) is 0 Å². The molecule has 1 fully saturated rings. The second-order valence-corrected chi connectivity index (χ2v) is 5.87. The fourth-order valence-corrected chi connectivity index (χ4v) is 2.83.